The molecule has 0 aromatic heterocycles. The van der Waals surface area contributed by atoms with Crippen LogP contribution in [0.15, 0.2) is 53.4 Å². The SMILES string of the molecule is CC(C)c1ccc(NC(=O)c2ccc(S(=O)(=O)[C@H]3CCS(=O)(=O)C3)cc2)cc1. The normalized spacial score (nSPS) is 18.9. The maximum atomic E-state index is 12.6. The first kappa shape index (κ1) is 20.5. The lowest BCUT2D eigenvalue weighted by Gasteiger charge is -2.11. The summed E-state index contributed by atoms with van der Waals surface area (Å²) >= 11 is 0. The van der Waals surface area contributed by atoms with E-state index in [9.17, 15) is 21.6 Å². The molecule has 8 heteroatoms. The second kappa shape index (κ2) is 7.67. The zero-order valence-electron chi connectivity index (χ0n) is 15.8. The van der Waals surface area contributed by atoms with Gasteiger partial charge in [-0.25, -0.2) is 16.8 Å². The highest BCUT2D eigenvalue weighted by Crippen LogP contribution is 2.26. The maximum Gasteiger partial charge on any atom is 0.255 e. The number of carbonyl (C=O) groups excluding carboxylic acids is 1. The average Bonchev–Trinajstić information content (AvgIpc) is 3.03. The molecule has 2 aromatic carbocycles. The van der Waals surface area contributed by atoms with Gasteiger partial charge in [-0.1, -0.05) is 26.0 Å². The highest BCUT2D eigenvalue weighted by atomic mass is 32.2. The highest BCUT2D eigenvalue weighted by molar-refractivity contribution is 7.96. The minimum absolute atomic E-state index is 0.0347. The molecular formula is C20H23NO5S2. The number of sulfone groups is 2. The van der Waals surface area contributed by atoms with Gasteiger partial charge in [0.25, 0.3) is 5.91 Å². The Bertz CT molecular complexity index is 1070. The third kappa shape index (κ3) is 4.44. The third-order valence-corrected chi connectivity index (χ3v) is 9.10. The van der Waals surface area contributed by atoms with Crippen molar-refractivity contribution in [2.75, 3.05) is 16.8 Å². The lowest BCUT2D eigenvalue weighted by atomic mass is 10.0. The Labute approximate surface area is 165 Å². The van der Waals surface area contributed by atoms with Gasteiger partial charge in [0.15, 0.2) is 19.7 Å². The molecule has 1 saturated heterocycles. The van der Waals surface area contributed by atoms with Crippen LogP contribution in [-0.4, -0.2) is 39.5 Å². The van der Waals surface area contributed by atoms with E-state index in [1.165, 1.54) is 29.8 Å². The summed E-state index contributed by atoms with van der Waals surface area (Å²) in [6.45, 7) is 4.17. The van der Waals surface area contributed by atoms with Crippen molar-refractivity contribution in [3.8, 4) is 0 Å². The zero-order valence-corrected chi connectivity index (χ0v) is 17.4. The topological polar surface area (TPSA) is 97.4 Å². The first-order valence-electron chi connectivity index (χ1n) is 9.04. The molecule has 0 saturated carbocycles. The molecule has 1 fully saturated rings. The molecular weight excluding hydrogens is 398 g/mol. The predicted octanol–water partition coefficient (Wildman–Crippen LogP) is 3.02. The van der Waals surface area contributed by atoms with Crippen molar-refractivity contribution in [3.63, 3.8) is 0 Å². The first-order valence-corrected chi connectivity index (χ1v) is 12.4. The van der Waals surface area contributed by atoms with E-state index in [1.807, 2.05) is 24.3 Å². The largest absolute Gasteiger partial charge is 0.322 e. The van der Waals surface area contributed by atoms with E-state index in [2.05, 4.69) is 19.2 Å². The Balaban J connectivity index is 1.72. The van der Waals surface area contributed by atoms with Gasteiger partial charge in [0.05, 0.1) is 21.7 Å². The van der Waals surface area contributed by atoms with Crippen LogP contribution in [0.25, 0.3) is 0 Å². The van der Waals surface area contributed by atoms with Crippen LogP contribution in [0.5, 0.6) is 0 Å². The molecule has 1 aliphatic rings. The van der Waals surface area contributed by atoms with E-state index in [-0.39, 0.29) is 28.7 Å². The fourth-order valence-electron chi connectivity index (χ4n) is 3.15. The van der Waals surface area contributed by atoms with Crippen LogP contribution in [0.4, 0.5) is 5.69 Å². The maximum absolute atomic E-state index is 12.6. The van der Waals surface area contributed by atoms with Crippen LogP contribution in [0.2, 0.25) is 0 Å². The summed E-state index contributed by atoms with van der Waals surface area (Å²) in [7, 11) is -7.03. The smallest absolute Gasteiger partial charge is 0.255 e. The Morgan fingerprint density at radius 3 is 2.14 bits per heavy atom. The number of hydrogen-bond acceptors (Lipinski definition) is 5. The van der Waals surface area contributed by atoms with Crippen molar-refractivity contribution in [1.29, 1.82) is 0 Å². The molecule has 1 heterocycles. The van der Waals surface area contributed by atoms with E-state index in [0.29, 0.717) is 17.2 Å². The molecule has 1 aliphatic heterocycles. The summed E-state index contributed by atoms with van der Waals surface area (Å²) in [5.74, 6) is -0.393. The molecule has 3 rings (SSSR count). The second-order valence-corrected chi connectivity index (χ2v) is 11.8. The van der Waals surface area contributed by atoms with Crippen molar-refractivity contribution >= 4 is 31.3 Å². The molecule has 0 unspecified atom stereocenters. The summed E-state index contributed by atoms with van der Waals surface area (Å²) in [4.78, 5) is 12.4. The zero-order chi connectivity index (χ0) is 20.5. The standard InChI is InChI=1S/C20H23NO5S2/c1-14(2)15-3-7-17(8-4-15)21-20(22)16-5-9-18(10-6-16)28(25,26)19-11-12-27(23,24)13-19/h3-10,14,19H,11-13H2,1-2H3,(H,21,22)/t19-/m0/s1. The molecule has 0 radical (unpaired) electrons. The van der Waals surface area contributed by atoms with Crippen LogP contribution in [0.1, 0.15) is 42.1 Å². The molecule has 0 aliphatic carbocycles. The van der Waals surface area contributed by atoms with Gasteiger partial charge < -0.3 is 5.32 Å². The molecule has 28 heavy (non-hydrogen) atoms. The second-order valence-electron chi connectivity index (χ2n) is 7.33. The van der Waals surface area contributed by atoms with Crippen LogP contribution in [-0.2, 0) is 19.7 Å². The van der Waals surface area contributed by atoms with E-state index in [0.717, 1.165) is 0 Å². The molecule has 6 nitrogen and oxygen atoms in total. The van der Waals surface area contributed by atoms with Crippen molar-refractivity contribution in [2.45, 2.75) is 36.3 Å². The Kier molecular flexibility index (Phi) is 5.63. The number of amides is 1. The quantitative estimate of drug-likeness (QED) is 0.800. The van der Waals surface area contributed by atoms with E-state index in [4.69, 9.17) is 0 Å². The summed E-state index contributed by atoms with van der Waals surface area (Å²) in [6.07, 6.45) is 0.110. The molecule has 150 valence electrons. The molecule has 1 N–H and O–H groups in total. The monoisotopic (exact) mass is 421 g/mol. The average molecular weight is 422 g/mol. The van der Waals surface area contributed by atoms with Crippen molar-refractivity contribution < 1.29 is 21.6 Å². The summed E-state index contributed by atoms with van der Waals surface area (Å²) in [5, 5.41) is 1.86. The van der Waals surface area contributed by atoms with Crippen LogP contribution in [0.3, 0.4) is 0 Å². The molecule has 1 atom stereocenters. The molecule has 0 spiro atoms. The van der Waals surface area contributed by atoms with Crippen LogP contribution < -0.4 is 5.32 Å². The van der Waals surface area contributed by atoms with Gasteiger partial charge in [-0.3, -0.25) is 4.79 Å². The van der Waals surface area contributed by atoms with Gasteiger partial charge in [0.1, 0.15) is 0 Å². The van der Waals surface area contributed by atoms with Crippen molar-refractivity contribution in [3.05, 3.63) is 59.7 Å². The summed E-state index contributed by atoms with van der Waals surface area (Å²) < 4.78 is 48.4. The van der Waals surface area contributed by atoms with Gasteiger partial charge in [0.2, 0.25) is 0 Å². The van der Waals surface area contributed by atoms with E-state index in [1.54, 1.807) is 0 Å². The third-order valence-electron chi connectivity index (χ3n) is 4.91. The van der Waals surface area contributed by atoms with Crippen LogP contribution >= 0.6 is 0 Å². The molecule has 0 bridgehead atoms. The van der Waals surface area contributed by atoms with Crippen LogP contribution in [0, 0.1) is 0 Å². The number of hydrogen-bond donors (Lipinski definition) is 1. The minimum Gasteiger partial charge on any atom is -0.322 e. The summed E-state index contributed by atoms with van der Waals surface area (Å²) in [5.41, 5.74) is 2.15. The van der Waals surface area contributed by atoms with E-state index >= 15 is 0 Å². The number of benzene rings is 2. The van der Waals surface area contributed by atoms with Gasteiger partial charge in [-0.05, 0) is 54.3 Å². The van der Waals surface area contributed by atoms with Crippen molar-refractivity contribution in [2.24, 2.45) is 0 Å². The lowest BCUT2D eigenvalue weighted by Crippen LogP contribution is -2.22. The van der Waals surface area contributed by atoms with E-state index < -0.39 is 24.9 Å². The lowest BCUT2D eigenvalue weighted by molar-refractivity contribution is 0.102. The van der Waals surface area contributed by atoms with Gasteiger partial charge >= 0.3 is 0 Å². The van der Waals surface area contributed by atoms with Gasteiger partial charge in [0, 0.05) is 11.3 Å². The number of anilines is 1. The Morgan fingerprint density at radius 2 is 1.64 bits per heavy atom. The highest BCUT2D eigenvalue weighted by Gasteiger charge is 2.37. The number of carbonyl (C=O) groups is 1. The van der Waals surface area contributed by atoms with Crippen molar-refractivity contribution in [1.82, 2.24) is 0 Å². The first-order chi connectivity index (χ1) is 13.1. The Morgan fingerprint density at radius 1 is 1.04 bits per heavy atom. The summed E-state index contributed by atoms with van der Waals surface area (Å²) in [6, 6.07) is 13.1. The fourth-order valence-corrected chi connectivity index (χ4v) is 7.51. The number of nitrogens with one attached hydrogen (secondary N) is 1. The molecule has 2 aromatic rings. The van der Waals surface area contributed by atoms with Gasteiger partial charge in [-0.2, -0.15) is 0 Å². The minimum atomic E-state index is -3.73. The van der Waals surface area contributed by atoms with Gasteiger partial charge in [-0.15, -0.1) is 0 Å². The Hall–Kier alpha value is -2.19. The fraction of sp³-hybridized carbons (Fsp3) is 0.350. The molecule has 1 amide bonds. The number of rotatable bonds is 5. The predicted molar refractivity (Wildman–Crippen MR) is 109 cm³/mol.